The standard InChI is InChI=1S/C17H16/c1-13-10-11-15-8-5-9-16(17(15)12-13)14-6-3-2-4-7-14/h2-9,11-13H,10H2,1H3. The zero-order chi connectivity index (χ0) is 11.7. The van der Waals surface area contributed by atoms with Gasteiger partial charge < -0.3 is 0 Å². The molecule has 1 aliphatic carbocycles. The molecule has 0 fully saturated rings. The lowest BCUT2D eigenvalue weighted by Crippen LogP contribution is -2.30. The van der Waals surface area contributed by atoms with Crippen LogP contribution in [0.25, 0.3) is 23.3 Å². The van der Waals surface area contributed by atoms with Gasteiger partial charge in [-0.25, -0.2) is 0 Å². The van der Waals surface area contributed by atoms with Crippen molar-refractivity contribution < 1.29 is 0 Å². The second kappa shape index (κ2) is 4.21. The molecule has 17 heavy (non-hydrogen) atoms. The van der Waals surface area contributed by atoms with Crippen LogP contribution in [0.2, 0.25) is 0 Å². The first kappa shape index (κ1) is 10.3. The summed E-state index contributed by atoms with van der Waals surface area (Å²) in [6.07, 6.45) is 5.91. The minimum Gasteiger partial charge on any atom is -0.0761 e. The van der Waals surface area contributed by atoms with Crippen molar-refractivity contribution >= 4 is 12.2 Å². The molecule has 1 atom stereocenters. The number of benzene rings is 2. The molecule has 0 bridgehead atoms. The molecule has 0 heteroatoms. The van der Waals surface area contributed by atoms with E-state index in [0.717, 1.165) is 6.42 Å². The van der Waals surface area contributed by atoms with Crippen molar-refractivity contribution in [1.29, 1.82) is 0 Å². The fraction of sp³-hybridized carbons (Fsp3) is 0.176. The predicted molar refractivity (Wildman–Crippen MR) is 73.8 cm³/mol. The van der Waals surface area contributed by atoms with Crippen molar-refractivity contribution in [3.05, 3.63) is 59.0 Å². The van der Waals surface area contributed by atoms with Gasteiger partial charge in [-0.3, -0.25) is 0 Å². The Morgan fingerprint density at radius 1 is 0.941 bits per heavy atom. The van der Waals surface area contributed by atoms with Gasteiger partial charge in [0.25, 0.3) is 0 Å². The summed E-state index contributed by atoms with van der Waals surface area (Å²) >= 11 is 0. The summed E-state index contributed by atoms with van der Waals surface area (Å²) in [7, 11) is 0. The molecule has 0 saturated carbocycles. The molecule has 0 aliphatic heterocycles. The fourth-order valence-corrected chi connectivity index (χ4v) is 2.48. The van der Waals surface area contributed by atoms with Crippen LogP contribution in [-0.2, 0) is 0 Å². The van der Waals surface area contributed by atoms with Gasteiger partial charge in [-0.2, -0.15) is 0 Å². The maximum Gasteiger partial charge on any atom is -0.0109 e. The van der Waals surface area contributed by atoms with E-state index in [1.54, 1.807) is 0 Å². The molecule has 0 radical (unpaired) electrons. The first-order valence-corrected chi connectivity index (χ1v) is 6.21. The molecule has 1 aliphatic rings. The predicted octanol–water partition coefficient (Wildman–Crippen LogP) is 2.95. The first-order valence-electron chi connectivity index (χ1n) is 6.21. The van der Waals surface area contributed by atoms with E-state index in [0.29, 0.717) is 5.92 Å². The third kappa shape index (κ3) is 1.91. The lowest BCUT2D eigenvalue weighted by Gasteiger charge is -2.11. The highest BCUT2D eigenvalue weighted by Crippen LogP contribution is 2.15. The summed E-state index contributed by atoms with van der Waals surface area (Å²) in [6, 6.07) is 17.2. The summed E-state index contributed by atoms with van der Waals surface area (Å²) in [5.41, 5.74) is 2.66. The highest BCUT2D eigenvalue weighted by molar-refractivity contribution is 5.66. The van der Waals surface area contributed by atoms with Crippen LogP contribution in [0.4, 0.5) is 0 Å². The smallest absolute Gasteiger partial charge is 0.0109 e. The van der Waals surface area contributed by atoms with Crippen molar-refractivity contribution in [3.63, 3.8) is 0 Å². The molecule has 84 valence electrons. The largest absolute Gasteiger partial charge is 0.0761 e. The molecule has 2 aromatic rings. The summed E-state index contributed by atoms with van der Waals surface area (Å²) in [5, 5.41) is 2.78. The van der Waals surface area contributed by atoms with Gasteiger partial charge in [0, 0.05) is 0 Å². The molecule has 0 nitrogen and oxygen atoms in total. The van der Waals surface area contributed by atoms with Gasteiger partial charge in [-0.05, 0) is 33.9 Å². The molecule has 0 N–H and O–H groups in total. The lowest BCUT2D eigenvalue weighted by molar-refractivity contribution is 0.800. The summed E-state index contributed by atoms with van der Waals surface area (Å²) in [6.45, 7) is 2.28. The SMILES string of the molecule is CC1C=c2c(-c3ccccc3)cccc2=CC1. The van der Waals surface area contributed by atoms with Crippen molar-refractivity contribution in [2.24, 2.45) is 5.92 Å². The van der Waals surface area contributed by atoms with Crippen LogP contribution in [0.3, 0.4) is 0 Å². The first-order chi connectivity index (χ1) is 8.34. The zero-order valence-corrected chi connectivity index (χ0v) is 10.1. The number of rotatable bonds is 1. The maximum atomic E-state index is 2.40. The van der Waals surface area contributed by atoms with Crippen LogP contribution < -0.4 is 10.4 Å². The number of hydrogen-bond acceptors (Lipinski definition) is 0. The van der Waals surface area contributed by atoms with Crippen molar-refractivity contribution in [3.8, 4) is 11.1 Å². The van der Waals surface area contributed by atoms with Gasteiger partial charge in [-0.15, -0.1) is 0 Å². The summed E-state index contributed by atoms with van der Waals surface area (Å²) < 4.78 is 0. The van der Waals surface area contributed by atoms with E-state index in [9.17, 15) is 0 Å². The molecular weight excluding hydrogens is 204 g/mol. The van der Waals surface area contributed by atoms with E-state index >= 15 is 0 Å². The van der Waals surface area contributed by atoms with E-state index in [1.165, 1.54) is 21.6 Å². The summed E-state index contributed by atoms with van der Waals surface area (Å²) in [4.78, 5) is 0. The van der Waals surface area contributed by atoms with Crippen LogP contribution in [0.5, 0.6) is 0 Å². The topological polar surface area (TPSA) is 0 Å². The van der Waals surface area contributed by atoms with E-state index in [1.807, 2.05) is 0 Å². The van der Waals surface area contributed by atoms with Gasteiger partial charge in [-0.1, -0.05) is 67.6 Å². The Balaban J connectivity index is 2.31. The van der Waals surface area contributed by atoms with Gasteiger partial charge >= 0.3 is 0 Å². The van der Waals surface area contributed by atoms with Crippen molar-refractivity contribution in [1.82, 2.24) is 0 Å². The average Bonchev–Trinajstić information content (AvgIpc) is 2.39. The second-order valence-corrected chi connectivity index (χ2v) is 4.76. The Bertz CT molecular complexity index is 635. The molecule has 1 unspecified atom stereocenters. The van der Waals surface area contributed by atoms with Gasteiger partial charge in [0.2, 0.25) is 0 Å². The van der Waals surface area contributed by atoms with Crippen LogP contribution in [-0.4, -0.2) is 0 Å². The Kier molecular flexibility index (Phi) is 2.56. The Morgan fingerprint density at radius 2 is 1.76 bits per heavy atom. The molecule has 0 heterocycles. The van der Waals surface area contributed by atoms with E-state index < -0.39 is 0 Å². The minimum atomic E-state index is 0.646. The Morgan fingerprint density at radius 3 is 2.59 bits per heavy atom. The molecule has 0 spiro atoms. The highest BCUT2D eigenvalue weighted by atomic mass is 14.1. The summed E-state index contributed by atoms with van der Waals surface area (Å²) in [5.74, 6) is 0.646. The third-order valence-electron chi connectivity index (χ3n) is 3.39. The Hall–Kier alpha value is -1.82. The Labute approximate surface area is 102 Å². The highest BCUT2D eigenvalue weighted by Gasteiger charge is 2.05. The quantitative estimate of drug-likeness (QED) is 0.693. The molecule has 0 saturated heterocycles. The molecular formula is C17H16. The maximum absolute atomic E-state index is 2.40. The number of hydrogen-bond donors (Lipinski definition) is 0. The van der Waals surface area contributed by atoms with Crippen molar-refractivity contribution in [2.45, 2.75) is 13.3 Å². The fourth-order valence-electron chi connectivity index (χ4n) is 2.48. The second-order valence-electron chi connectivity index (χ2n) is 4.76. The van der Waals surface area contributed by atoms with E-state index in [2.05, 4.69) is 67.6 Å². The van der Waals surface area contributed by atoms with E-state index in [-0.39, 0.29) is 0 Å². The van der Waals surface area contributed by atoms with Gasteiger partial charge in [0.15, 0.2) is 0 Å². The normalized spacial score (nSPS) is 17.8. The monoisotopic (exact) mass is 220 g/mol. The lowest BCUT2D eigenvalue weighted by atomic mass is 9.94. The third-order valence-corrected chi connectivity index (χ3v) is 3.39. The van der Waals surface area contributed by atoms with Crippen LogP contribution in [0.15, 0.2) is 48.5 Å². The van der Waals surface area contributed by atoms with Crippen LogP contribution in [0.1, 0.15) is 13.3 Å². The average molecular weight is 220 g/mol. The minimum absolute atomic E-state index is 0.646. The van der Waals surface area contributed by atoms with Crippen LogP contribution in [0, 0.1) is 5.92 Å². The molecule has 0 amide bonds. The van der Waals surface area contributed by atoms with Crippen LogP contribution >= 0.6 is 0 Å². The number of fused-ring (bicyclic) bond motifs is 1. The zero-order valence-electron chi connectivity index (χ0n) is 10.1. The van der Waals surface area contributed by atoms with E-state index in [4.69, 9.17) is 0 Å². The van der Waals surface area contributed by atoms with Gasteiger partial charge in [0.1, 0.15) is 0 Å². The molecule has 0 aromatic heterocycles. The van der Waals surface area contributed by atoms with Crippen molar-refractivity contribution in [2.75, 3.05) is 0 Å². The molecule has 3 rings (SSSR count). The molecule has 2 aromatic carbocycles. The van der Waals surface area contributed by atoms with Gasteiger partial charge in [0.05, 0.1) is 0 Å².